The van der Waals surface area contributed by atoms with E-state index < -0.39 is 0 Å². The fourth-order valence-corrected chi connectivity index (χ4v) is 2.29. The molecule has 2 saturated heterocycles. The van der Waals surface area contributed by atoms with Crippen molar-refractivity contribution in [3.63, 3.8) is 0 Å². The van der Waals surface area contributed by atoms with Crippen molar-refractivity contribution < 1.29 is 14.3 Å². The number of ether oxygens (including phenoxy) is 1. The highest BCUT2D eigenvalue weighted by Gasteiger charge is 2.20. The van der Waals surface area contributed by atoms with Crippen LogP contribution in [0.5, 0.6) is 0 Å². The van der Waals surface area contributed by atoms with Gasteiger partial charge in [0.05, 0.1) is 6.61 Å². The van der Waals surface area contributed by atoms with E-state index >= 15 is 0 Å². The molecule has 0 aromatic carbocycles. The molecule has 0 spiro atoms. The van der Waals surface area contributed by atoms with Gasteiger partial charge in [-0.1, -0.05) is 0 Å². The number of amides is 2. The number of hydrogen-bond donors (Lipinski definition) is 0. The van der Waals surface area contributed by atoms with Crippen LogP contribution in [0.15, 0.2) is 0 Å². The first kappa shape index (κ1) is 12.4. The lowest BCUT2D eigenvalue weighted by Gasteiger charge is -2.26. The van der Waals surface area contributed by atoms with E-state index in [9.17, 15) is 9.59 Å². The molecule has 0 saturated carbocycles. The van der Waals surface area contributed by atoms with Gasteiger partial charge < -0.3 is 14.5 Å². The molecule has 0 aromatic rings. The molecule has 2 amide bonds. The summed E-state index contributed by atoms with van der Waals surface area (Å²) in [6.07, 6.45) is 4.35. The fraction of sp³-hybridized carbons (Fsp3) is 0.833. The Hall–Kier alpha value is -1.10. The summed E-state index contributed by atoms with van der Waals surface area (Å²) in [5.74, 6) is 0.413. The summed E-state index contributed by atoms with van der Waals surface area (Å²) in [6, 6.07) is 0. The van der Waals surface area contributed by atoms with Crippen LogP contribution in [0.4, 0.5) is 0 Å². The van der Waals surface area contributed by atoms with E-state index in [2.05, 4.69) is 0 Å². The van der Waals surface area contributed by atoms with Gasteiger partial charge in [0.15, 0.2) is 0 Å². The van der Waals surface area contributed by atoms with Gasteiger partial charge in [-0.25, -0.2) is 0 Å². The first-order chi connectivity index (χ1) is 8.27. The summed E-state index contributed by atoms with van der Waals surface area (Å²) in [4.78, 5) is 26.4. The van der Waals surface area contributed by atoms with Crippen LogP contribution in [0, 0.1) is 0 Å². The van der Waals surface area contributed by atoms with Crippen molar-refractivity contribution in [2.75, 3.05) is 33.0 Å². The minimum atomic E-state index is 0.188. The second-order valence-electron chi connectivity index (χ2n) is 4.64. The normalized spacial score (nSPS) is 21.4. The van der Waals surface area contributed by atoms with Crippen LogP contribution in [0.2, 0.25) is 0 Å². The predicted molar refractivity (Wildman–Crippen MR) is 62.2 cm³/mol. The lowest BCUT2D eigenvalue weighted by molar-refractivity contribution is -0.140. The number of rotatable bonds is 5. The predicted octanol–water partition coefficient (Wildman–Crippen LogP) is 0.595. The zero-order valence-electron chi connectivity index (χ0n) is 10.2. The Morgan fingerprint density at radius 1 is 0.941 bits per heavy atom. The van der Waals surface area contributed by atoms with Crippen molar-refractivity contribution in [2.24, 2.45) is 0 Å². The molecule has 0 radical (unpaired) electrons. The molecule has 5 nitrogen and oxygen atoms in total. The topological polar surface area (TPSA) is 49.9 Å². The molecule has 2 aliphatic heterocycles. The Labute approximate surface area is 102 Å². The summed E-state index contributed by atoms with van der Waals surface area (Å²) in [5.41, 5.74) is 0. The van der Waals surface area contributed by atoms with Crippen LogP contribution in [0.1, 0.15) is 32.1 Å². The van der Waals surface area contributed by atoms with E-state index in [-0.39, 0.29) is 11.8 Å². The quantitative estimate of drug-likeness (QED) is 0.661. The highest BCUT2D eigenvalue weighted by molar-refractivity contribution is 5.78. The van der Waals surface area contributed by atoms with Gasteiger partial charge in [0, 0.05) is 32.5 Å². The van der Waals surface area contributed by atoms with Gasteiger partial charge in [0.2, 0.25) is 11.8 Å². The van der Waals surface area contributed by atoms with E-state index in [0.29, 0.717) is 32.7 Å². The smallest absolute Gasteiger partial charge is 0.224 e. The minimum Gasteiger partial charge on any atom is -0.359 e. The molecule has 5 heteroatoms. The number of carbonyl (C=O) groups excluding carboxylic acids is 2. The molecular weight excluding hydrogens is 220 g/mol. The summed E-state index contributed by atoms with van der Waals surface area (Å²) in [6.45, 7) is 3.21. The van der Waals surface area contributed by atoms with Crippen molar-refractivity contribution >= 4 is 11.8 Å². The van der Waals surface area contributed by atoms with Gasteiger partial charge in [0.25, 0.3) is 0 Å². The van der Waals surface area contributed by atoms with E-state index in [4.69, 9.17) is 4.74 Å². The zero-order chi connectivity index (χ0) is 12.1. The van der Waals surface area contributed by atoms with Crippen molar-refractivity contribution in [1.82, 2.24) is 9.80 Å². The second kappa shape index (κ2) is 6.00. The van der Waals surface area contributed by atoms with Crippen LogP contribution < -0.4 is 0 Å². The largest absolute Gasteiger partial charge is 0.359 e. The first-order valence-electron chi connectivity index (χ1n) is 6.40. The average Bonchev–Trinajstić information content (AvgIpc) is 2.73. The third-order valence-electron chi connectivity index (χ3n) is 3.35. The number of piperidine rings is 1. The van der Waals surface area contributed by atoms with Gasteiger partial charge in [-0.15, -0.1) is 0 Å². The van der Waals surface area contributed by atoms with Crippen LogP contribution in [-0.4, -0.2) is 54.6 Å². The number of nitrogens with zero attached hydrogens (tertiary/aromatic N) is 2. The molecule has 0 N–H and O–H groups in total. The lowest BCUT2D eigenvalue weighted by atomic mass is 10.1. The first-order valence-corrected chi connectivity index (χ1v) is 6.40. The maximum absolute atomic E-state index is 11.5. The van der Waals surface area contributed by atoms with E-state index in [0.717, 1.165) is 32.4 Å². The molecule has 2 rings (SSSR count). The fourth-order valence-electron chi connectivity index (χ4n) is 2.29. The standard InChI is InChI=1S/C12H20N2O3/c15-11-5-3-7-13(11)8-9-17-10-14-6-2-1-4-12(14)16/h1-10H2. The molecule has 0 unspecified atom stereocenters. The number of carbonyl (C=O) groups is 2. The molecular formula is C12H20N2O3. The van der Waals surface area contributed by atoms with E-state index in [1.807, 2.05) is 4.90 Å². The van der Waals surface area contributed by atoms with Crippen molar-refractivity contribution in [3.05, 3.63) is 0 Å². The Morgan fingerprint density at radius 2 is 1.65 bits per heavy atom. The molecule has 0 atom stereocenters. The molecule has 17 heavy (non-hydrogen) atoms. The zero-order valence-corrected chi connectivity index (χ0v) is 10.2. The highest BCUT2D eigenvalue weighted by atomic mass is 16.5. The number of hydrogen-bond acceptors (Lipinski definition) is 3. The van der Waals surface area contributed by atoms with Gasteiger partial charge in [-0.3, -0.25) is 9.59 Å². The Balaban J connectivity index is 1.59. The summed E-state index contributed by atoms with van der Waals surface area (Å²) in [5, 5.41) is 0. The molecule has 0 aliphatic carbocycles. The summed E-state index contributed by atoms with van der Waals surface area (Å²) < 4.78 is 5.46. The molecule has 96 valence electrons. The monoisotopic (exact) mass is 240 g/mol. The van der Waals surface area contributed by atoms with E-state index in [1.54, 1.807) is 4.90 Å². The average molecular weight is 240 g/mol. The van der Waals surface area contributed by atoms with Crippen LogP contribution in [-0.2, 0) is 14.3 Å². The van der Waals surface area contributed by atoms with Gasteiger partial charge >= 0.3 is 0 Å². The van der Waals surface area contributed by atoms with Crippen molar-refractivity contribution in [2.45, 2.75) is 32.1 Å². The van der Waals surface area contributed by atoms with Gasteiger partial charge in [0.1, 0.15) is 6.73 Å². The van der Waals surface area contributed by atoms with Crippen LogP contribution >= 0.6 is 0 Å². The van der Waals surface area contributed by atoms with Crippen LogP contribution in [0.3, 0.4) is 0 Å². The van der Waals surface area contributed by atoms with Gasteiger partial charge in [-0.05, 0) is 19.3 Å². The summed E-state index contributed by atoms with van der Waals surface area (Å²) in [7, 11) is 0. The third-order valence-corrected chi connectivity index (χ3v) is 3.35. The van der Waals surface area contributed by atoms with E-state index in [1.165, 1.54) is 0 Å². The molecule has 2 aliphatic rings. The Bertz CT molecular complexity index is 293. The highest BCUT2D eigenvalue weighted by Crippen LogP contribution is 2.11. The lowest BCUT2D eigenvalue weighted by Crippen LogP contribution is -2.38. The van der Waals surface area contributed by atoms with Crippen LogP contribution in [0.25, 0.3) is 0 Å². The summed E-state index contributed by atoms with van der Waals surface area (Å²) >= 11 is 0. The number of likely N-dealkylation sites (tertiary alicyclic amines) is 2. The Morgan fingerprint density at radius 3 is 2.35 bits per heavy atom. The second-order valence-corrected chi connectivity index (χ2v) is 4.64. The van der Waals surface area contributed by atoms with Crippen molar-refractivity contribution in [1.29, 1.82) is 0 Å². The molecule has 2 heterocycles. The van der Waals surface area contributed by atoms with Gasteiger partial charge in [-0.2, -0.15) is 0 Å². The SMILES string of the molecule is O=C1CCCN1CCOCN1CCCCC1=O. The Kier molecular flexibility index (Phi) is 4.36. The molecule has 2 fully saturated rings. The van der Waals surface area contributed by atoms with Crippen molar-refractivity contribution in [3.8, 4) is 0 Å². The minimum absolute atomic E-state index is 0.188. The molecule has 0 bridgehead atoms. The maximum atomic E-state index is 11.5. The third kappa shape index (κ3) is 3.43. The maximum Gasteiger partial charge on any atom is 0.224 e. The molecule has 0 aromatic heterocycles.